The number of aryl methyl sites for hydroxylation is 1. The van der Waals surface area contributed by atoms with Gasteiger partial charge in [-0.05, 0) is 62.7 Å². The Balaban J connectivity index is 2.29. The maximum absolute atomic E-state index is 12.5. The van der Waals surface area contributed by atoms with E-state index in [1.807, 2.05) is 19.9 Å². The van der Waals surface area contributed by atoms with E-state index in [1.54, 1.807) is 37.3 Å². The van der Waals surface area contributed by atoms with Gasteiger partial charge in [0.15, 0.2) is 0 Å². The standard InChI is InChI=1S/C17H18N2O3S/c1-12(2)22-17-8-7-16(9-13(17)3)23(20,21)19-15-6-4-5-14(10-15)11-18/h4-10,12,19H,1-3H3. The van der Waals surface area contributed by atoms with Gasteiger partial charge in [0.05, 0.1) is 28.3 Å². The molecule has 120 valence electrons. The van der Waals surface area contributed by atoms with Gasteiger partial charge in [-0.2, -0.15) is 5.26 Å². The van der Waals surface area contributed by atoms with Crippen molar-refractivity contribution >= 4 is 15.7 Å². The average Bonchev–Trinajstić information content (AvgIpc) is 2.48. The zero-order valence-corrected chi connectivity index (χ0v) is 14.0. The molecule has 23 heavy (non-hydrogen) atoms. The summed E-state index contributed by atoms with van der Waals surface area (Å²) < 4.78 is 33.0. The van der Waals surface area contributed by atoms with Gasteiger partial charge in [0.25, 0.3) is 10.0 Å². The van der Waals surface area contributed by atoms with E-state index in [9.17, 15) is 8.42 Å². The third-order valence-corrected chi connectivity index (χ3v) is 4.44. The van der Waals surface area contributed by atoms with Gasteiger partial charge in [0.1, 0.15) is 5.75 Å². The van der Waals surface area contributed by atoms with Crippen LogP contribution in [0.25, 0.3) is 0 Å². The Morgan fingerprint density at radius 1 is 1.17 bits per heavy atom. The lowest BCUT2D eigenvalue weighted by molar-refractivity contribution is 0.240. The number of nitriles is 1. The third-order valence-electron chi connectivity index (χ3n) is 3.06. The molecule has 2 rings (SSSR count). The second-order valence-electron chi connectivity index (χ2n) is 5.39. The van der Waals surface area contributed by atoms with E-state index in [2.05, 4.69) is 4.72 Å². The predicted octanol–water partition coefficient (Wildman–Crippen LogP) is 3.45. The topological polar surface area (TPSA) is 79.2 Å². The number of anilines is 1. The summed E-state index contributed by atoms with van der Waals surface area (Å²) in [6.45, 7) is 5.62. The number of sulfonamides is 1. The first-order chi connectivity index (χ1) is 10.8. The van der Waals surface area contributed by atoms with Gasteiger partial charge in [0.2, 0.25) is 0 Å². The zero-order valence-electron chi connectivity index (χ0n) is 13.2. The summed E-state index contributed by atoms with van der Waals surface area (Å²) in [6, 6.07) is 13.0. The molecule has 0 saturated heterocycles. The third kappa shape index (κ3) is 4.24. The van der Waals surface area contributed by atoms with Crippen molar-refractivity contribution in [2.75, 3.05) is 4.72 Å². The number of hydrogen-bond acceptors (Lipinski definition) is 4. The lowest BCUT2D eigenvalue weighted by Crippen LogP contribution is -2.14. The quantitative estimate of drug-likeness (QED) is 0.910. The molecule has 2 aromatic rings. The van der Waals surface area contributed by atoms with Gasteiger partial charge >= 0.3 is 0 Å². The average molecular weight is 330 g/mol. The number of hydrogen-bond donors (Lipinski definition) is 1. The van der Waals surface area contributed by atoms with Crippen LogP contribution < -0.4 is 9.46 Å². The molecular weight excluding hydrogens is 312 g/mol. The zero-order chi connectivity index (χ0) is 17.0. The number of rotatable bonds is 5. The molecule has 0 amide bonds. The molecular formula is C17H18N2O3S. The molecule has 0 aliphatic heterocycles. The Labute approximate surface area is 136 Å². The van der Waals surface area contributed by atoms with E-state index in [0.29, 0.717) is 17.0 Å². The Morgan fingerprint density at radius 2 is 1.91 bits per heavy atom. The highest BCUT2D eigenvalue weighted by Gasteiger charge is 2.16. The van der Waals surface area contributed by atoms with Crippen LogP contribution in [0.3, 0.4) is 0 Å². The maximum Gasteiger partial charge on any atom is 0.261 e. The van der Waals surface area contributed by atoms with Crippen molar-refractivity contribution in [3.05, 3.63) is 53.6 Å². The lowest BCUT2D eigenvalue weighted by Gasteiger charge is -2.14. The minimum atomic E-state index is -3.72. The number of benzene rings is 2. The summed E-state index contributed by atoms with van der Waals surface area (Å²) in [4.78, 5) is 0.147. The number of nitrogens with zero attached hydrogens (tertiary/aromatic N) is 1. The lowest BCUT2D eigenvalue weighted by atomic mass is 10.2. The molecule has 5 nitrogen and oxygen atoms in total. The summed E-state index contributed by atoms with van der Waals surface area (Å²) in [7, 11) is -3.72. The number of ether oxygens (including phenoxy) is 1. The van der Waals surface area contributed by atoms with E-state index < -0.39 is 10.0 Å². The summed E-state index contributed by atoms with van der Waals surface area (Å²) in [5, 5.41) is 8.88. The molecule has 0 aliphatic rings. The molecule has 0 aromatic heterocycles. The highest BCUT2D eigenvalue weighted by Crippen LogP contribution is 2.24. The molecule has 0 aliphatic carbocycles. The van der Waals surface area contributed by atoms with Crippen LogP contribution >= 0.6 is 0 Å². The molecule has 1 N–H and O–H groups in total. The normalized spacial score (nSPS) is 11.1. The van der Waals surface area contributed by atoms with Crippen LogP contribution in [-0.4, -0.2) is 14.5 Å². The summed E-state index contributed by atoms with van der Waals surface area (Å²) in [5.74, 6) is 0.658. The summed E-state index contributed by atoms with van der Waals surface area (Å²) in [5.41, 5.74) is 1.48. The van der Waals surface area contributed by atoms with E-state index >= 15 is 0 Å². The van der Waals surface area contributed by atoms with Crippen LogP contribution in [0.1, 0.15) is 25.0 Å². The second-order valence-corrected chi connectivity index (χ2v) is 7.07. The van der Waals surface area contributed by atoms with Crippen molar-refractivity contribution in [3.8, 4) is 11.8 Å². The largest absolute Gasteiger partial charge is 0.491 e. The molecule has 0 heterocycles. The maximum atomic E-state index is 12.5. The fourth-order valence-electron chi connectivity index (χ4n) is 2.04. The first-order valence-electron chi connectivity index (χ1n) is 7.12. The molecule has 0 fully saturated rings. The Bertz CT molecular complexity index is 852. The monoisotopic (exact) mass is 330 g/mol. The van der Waals surface area contributed by atoms with Crippen LogP contribution in [0.4, 0.5) is 5.69 Å². The fourth-order valence-corrected chi connectivity index (χ4v) is 3.18. The van der Waals surface area contributed by atoms with Crippen molar-refractivity contribution in [2.45, 2.75) is 31.8 Å². The highest BCUT2D eigenvalue weighted by atomic mass is 32.2. The molecule has 0 bridgehead atoms. The van der Waals surface area contributed by atoms with Crippen molar-refractivity contribution in [1.29, 1.82) is 5.26 Å². The molecule has 0 atom stereocenters. The van der Waals surface area contributed by atoms with Gasteiger partial charge in [-0.1, -0.05) is 6.07 Å². The molecule has 0 saturated carbocycles. The van der Waals surface area contributed by atoms with Crippen molar-refractivity contribution < 1.29 is 13.2 Å². The molecule has 0 radical (unpaired) electrons. The molecule has 0 unspecified atom stereocenters. The predicted molar refractivity (Wildman–Crippen MR) is 88.9 cm³/mol. The first-order valence-corrected chi connectivity index (χ1v) is 8.60. The SMILES string of the molecule is Cc1cc(S(=O)(=O)Nc2cccc(C#N)c2)ccc1OC(C)C. The Morgan fingerprint density at radius 3 is 2.52 bits per heavy atom. The van der Waals surface area contributed by atoms with Gasteiger partial charge in [-0.25, -0.2) is 8.42 Å². The van der Waals surface area contributed by atoms with E-state index in [1.165, 1.54) is 12.1 Å². The second kappa shape index (κ2) is 6.71. The van der Waals surface area contributed by atoms with Crippen molar-refractivity contribution in [3.63, 3.8) is 0 Å². The van der Waals surface area contributed by atoms with Crippen LogP contribution in [0, 0.1) is 18.3 Å². The fraction of sp³-hybridized carbons (Fsp3) is 0.235. The van der Waals surface area contributed by atoms with Crippen LogP contribution in [0.5, 0.6) is 5.75 Å². The van der Waals surface area contributed by atoms with Crippen LogP contribution in [0.15, 0.2) is 47.4 Å². The Hall–Kier alpha value is -2.52. The molecule has 6 heteroatoms. The van der Waals surface area contributed by atoms with Crippen molar-refractivity contribution in [2.24, 2.45) is 0 Å². The summed E-state index contributed by atoms with van der Waals surface area (Å²) in [6.07, 6.45) is 0.0167. The molecule has 0 spiro atoms. The Kier molecular flexibility index (Phi) is 4.92. The van der Waals surface area contributed by atoms with Crippen molar-refractivity contribution in [1.82, 2.24) is 0 Å². The van der Waals surface area contributed by atoms with Crippen LogP contribution in [0.2, 0.25) is 0 Å². The van der Waals surface area contributed by atoms with Gasteiger partial charge in [-0.3, -0.25) is 4.72 Å². The van der Waals surface area contributed by atoms with E-state index in [4.69, 9.17) is 10.00 Å². The van der Waals surface area contributed by atoms with Gasteiger partial charge < -0.3 is 4.74 Å². The molecule has 2 aromatic carbocycles. The highest BCUT2D eigenvalue weighted by molar-refractivity contribution is 7.92. The van der Waals surface area contributed by atoms with Crippen LogP contribution in [-0.2, 0) is 10.0 Å². The summed E-state index contributed by atoms with van der Waals surface area (Å²) >= 11 is 0. The van der Waals surface area contributed by atoms with E-state index in [-0.39, 0.29) is 11.0 Å². The smallest absolute Gasteiger partial charge is 0.261 e. The first kappa shape index (κ1) is 16.8. The number of nitrogens with one attached hydrogen (secondary N) is 1. The minimum Gasteiger partial charge on any atom is -0.491 e. The van der Waals surface area contributed by atoms with E-state index in [0.717, 1.165) is 5.56 Å². The van der Waals surface area contributed by atoms with Gasteiger partial charge in [0, 0.05) is 0 Å². The van der Waals surface area contributed by atoms with Gasteiger partial charge in [-0.15, -0.1) is 0 Å². The minimum absolute atomic E-state index is 0.0167.